The molecular formula is C17H13N3O3. The van der Waals surface area contributed by atoms with Crippen LogP contribution in [0.4, 0.5) is 21.9 Å². The fraction of sp³-hybridized carbons (Fsp3) is 0.118. The number of rotatable bonds is 1. The number of hydrogen-bond acceptors (Lipinski definition) is 3. The summed E-state index contributed by atoms with van der Waals surface area (Å²) in [5.74, 6) is -1.03. The zero-order valence-corrected chi connectivity index (χ0v) is 12.3. The molecule has 4 rings (SSSR count). The highest BCUT2D eigenvalue weighted by Crippen LogP contribution is 2.37. The molecule has 0 radical (unpaired) electrons. The molecule has 6 heteroatoms. The SMILES string of the molecule is Cc1ccc(N2C(=O)C3C(=O)Nc4ccccc4N3C2=O)cc1. The van der Waals surface area contributed by atoms with Gasteiger partial charge in [0.1, 0.15) is 0 Å². The second kappa shape index (κ2) is 4.67. The third-order valence-corrected chi connectivity index (χ3v) is 4.07. The predicted octanol–water partition coefficient (Wildman–Crippen LogP) is 2.29. The molecule has 0 saturated carbocycles. The topological polar surface area (TPSA) is 69.7 Å². The van der Waals surface area contributed by atoms with Gasteiger partial charge in [0.25, 0.3) is 11.8 Å². The highest BCUT2D eigenvalue weighted by Gasteiger charge is 2.53. The van der Waals surface area contributed by atoms with Crippen molar-refractivity contribution in [2.45, 2.75) is 13.0 Å². The van der Waals surface area contributed by atoms with E-state index < -0.39 is 23.9 Å². The maximum Gasteiger partial charge on any atom is 0.337 e. The minimum absolute atomic E-state index is 0.463. The van der Waals surface area contributed by atoms with E-state index in [0.29, 0.717) is 17.1 Å². The van der Waals surface area contributed by atoms with Crippen LogP contribution >= 0.6 is 0 Å². The van der Waals surface area contributed by atoms with Crippen LogP contribution < -0.4 is 15.1 Å². The van der Waals surface area contributed by atoms with E-state index in [2.05, 4.69) is 5.32 Å². The third kappa shape index (κ3) is 1.85. The lowest BCUT2D eigenvalue weighted by atomic mass is 10.1. The van der Waals surface area contributed by atoms with Crippen molar-refractivity contribution < 1.29 is 14.4 Å². The van der Waals surface area contributed by atoms with Gasteiger partial charge in [0.05, 0.1) is 17.1 Å². The van der Waals surface area contributed by atoms with Gasteiger partial charge in [0, 0.05) is 0 Å². The largest absolute Gasteiger partial charge is 0.337 e. The number of anilines is 3. The van der Waals surface area contributed by atoms with Crippen LogP contribution in [0, 0.1) is 6.92 Å². The van der Waals surface area contributed by atoms with Gasteiger partial charge >= 0.3 is 6.03 Å². The van der Waals surface area contributed by atoms with Gasteiger partial charge in [0.2, 0.25) is 0 Å². The van der Waals surface area contributed by atoms with Gasteiger partial charge in [-0.3, -0.25) is 14.5 Å². The van der Waals surface area contributed by atoms with E-state index in [1.807, 2.05) is 19.1 Å². The molecule has 1 atom stereocenters. The molecule has 4 amide bonds. The molecule has 114 valence electrons. The summed E-state index contributed by atoms with van der Waals surface area (Å²) in [5, 5.41) is 2.68. The average Bonchev–Trinajstić information content (AvgIpc) is 2.81. The molecule has 0 spiro atoms. The van der Waals surface area contributed by atoms with Crippen molar-refractivity contribution >= 4 is 34.9 Å². The van der Waals surface area contributed by atoms with Crippen molar-refractivity contribution in [3.63, 3.8) is 0 Å². The van der Waals surface area contributed by atoms with E-state index in [4.69, 9.17) is 0 Å². The van der Waals surface area contributed by atoms with Crippen molar-refractivity contribution in [3.05, 3.63) is 54.1 Å². The Morgan fingerprint density at radius 2 is 1.65 bits per heavy atom. The van der Waals surface area contributed by atoms with Crippen LogP contribution in [-0.4, -0.2) is 23.9 Å². The van der Waals surface area contributed by atoms with Gasteiger partial charge in [0.15, 0.2) is 6.04 Å². The molecule has 1 unspecified atom stereocenters. The summed E-state index contributed by atoms with van der Waals surface area (Å²) in [6.45, 7) is 1.92. The standard InChI is InChI=1S/C17H13N3O3/c1-10-6-8-11(9-7-10)19-16(22)14-15(21)18-12-4-2-3-5-13(12)20(14)17(19)23/h2-9,14H,1H3,(H,18,21). The molecule has 2 heterocycles. The summed E-state index contributed by atoms with van der Waals surface area (Å²) in [7, 11) is 0. The van der Waals surface area contributed by atoms with Crippen LogP contribution in [0.5, 0.6) is 0 Å². The molecule has 1 fully saturated rings. The minimum atomic E-state index is -1.15. The predicted molar refractivity (Wildman–Crippen MR) is 85.4 cm³/mol. The maximum atomic E-state index is 12.8. The van der Waals surface area contributed by atoms with Gasteiger partial charge < -0.3 is 5.32 Å². The molecular weight excluding hydrogens is 294 g/mol. The molecule has 23 heavy (non-hydrogen) atoms. The van der Waals surface area contributed by atoms with Crippen LogP contribution in [0.3, 0.4) is 0 Å². The smallest absolute Gasteiger partial charge is 0.322 e. The number of amides is 4. The summed E-state index contributed by atoms with van der Waals surface area (Å²) >= 11 is 0. The van der Waals surface area contributed by atoms with Crippen molar-refractivity contribution in [2.24, 2.45) is 0 Å². The lowest BCUT2D eigenvalue weighted by Crippen LogP contribution is -2.48. The first-order valence-corrected chi connectivity index (χ1v) is 7.21. The van der Waals surface area contributed by atoms with Gasteiger partial charge in [-0.05, 0) is 31.2 Å². The molecule has 6 nitrogen and oxygen atoms in total. The summed E-state index contributed by atoms with van der Waals surface area (Å²) < 4.78 is 0. The quantitative estimate of drug-likeness (QED) is 0.649. The fourth-order valence-electron chi connectivity index (χ4n) is 2.94. The number of hydrogen-bond donors (Lipinski definition) is 1. The zero-order chi connectivity index (χ0) is 16.1. The number of benzene rings is 2. The number of imide groups is 1. The maximum absolute atomic E-state index is 12.8. The van der Waals surface area contributed by atoms with Gasteiger partial charge in [-0.2, -0.15) is 0 Å². The number of carbonyl (C=O) groups is 3. The number of para-hydroxylation sites is 2. The van der Waals surface area contributed by atoms with Crippen LogP contribution in [0.2, 0.25) is 0 Å². The Morgan fingerprint density at radius 3 is 2.39 bits per heavy atom. The Labute approximate surface area is 132 Å². The summed E-state index contributed by atoms with van der Waals surface area (Å²) in [4.78, 5) is 40.0. The van der Waals surface area contributed by atoms with Crippen molar-refractivity contribution in [1.82, 2.24) is 0 Å². The first-order valence-electron chi connectivity index (χ1n) is 7.21. The monoisotopic (exact) mass is 307 g/mol. The van der Waals surface area contributed by atoms with E-state index >= 15 is 0 Å². The summed E-state index contributed by atoms with van der Waals surface area (Å²) in [6.07, 6.45) is 0. The Bertz CT molecular complexity index is 844. The average molecular weight is 307 g/mol. The van der Waals surface area contributed by atoms with Crippen molar-refractivity contribution in [1.29, 1.82) is 0 Å². The second-order valence-corrected chi connectivity index (χ2v) is 5.57. The molecule has 0 aliphatic carbocycles. The number of nitrogens with one attached hydrogen (secondary N) is 1. The van der Waals surface area contributed by atoms with Crippen molar-refractivity contribution in [3.8, 4) is 0 Å². The number of carbonyl (C=O) groups excluding carboxylic acids is 3. The van der Waals surface area contributed by atoms with E-state index in [1.54, 1.807) is 36.4 Å². The lowest BCUT2D eigenvalue weighted by Gasteiger charge is -2.28. The molecule has 2 aliphatic heterocycles. The molecule has 1 N–H and O–H groups in total. The third-order valence-electron chi connectivity index (χ3n) is 4.07. The summed E-state index contributed by atoms with van der Waals surface area (Å²) in [5.41, 5.74) is 2.55. The van der Waals surface area contributed by atoms with Crippen LogP contribution in [0.1, 0.15) is 5.56 Å². The normalized spacial score (nSPS) is 19.5. The van der Waals surface area contributed by atoms with Crippen LogP contribution in [-0.2, 0) is 9.59 Å². The van der Waals surface area contributed by atoms with Gasteiger partial charge in [-0.25, -0.2) is 9.69 Å². The lowest BCUT2D eigenvalue weighted by molar-refractivity contribution is -0.125. The Morgan fingerprint density at radius 1 is 0.957 bits per heavy atom. The number of nitrogens with zero attached hydrogens (tertiary/aromatic N) is 2. The Kier molecular flexibility index (Phi) is 2.74. The first-order chi connectivity index (χ1) is 11.1. The van der Waals surface area contributed by atoms with Crippen LogP contribution in [0.25, 0.3) is 0 Å². The minimum Gasteiger partial charge on any atom is -0.322 e. The zero-order valence-electron chi connectivity index (χ0n) is 12.3. The van der Waals surface area contributed by atoms with Gasteiger partial charge in [-0.1, -0.05) is 29.8 Å². The molecule has 2 aromatic carbocycles. The number of fused-ring (bicyclic) bond motifs is 3. The van der Waals surface area contributed by atoms with E-state index in [0.717, 1.165) is 10.5 Å². The molecule has 2 aromatic rings. The number of aryl methyl sites for hydroxylation is 1. The summed E-state index contributed by atoms with van der Waals surface area (Å²) in [6, 6.07) is 12.3. The Hall–Kier alpha value is -3.15. The Balaban J connectivity index is 1.83. The van der Waals surface area contributed by atoms with Crippen LogP contribution in [0.15, 0.2) is 48.5 Å². The van der Waals surface area contributed by atoms with Gasteiger partial charge in [-0.15, -0.1) is 0 Å². The molecule has 2 aliphatic rings. The fourth-order valence-corrected chi connectivity index (χ4v) is 2.94. The first kappa shape index (κ1) is 13.5. The van der Waals surface area contributed by atoms with E-state index in [9.17, 15) is 14.4 Å². The van der Waals surface area contributed by atoms with E-state index in [-0.39, 0.29) is 0 Å². The number of urea groups is 1. The highest BCUT2D eigenvalue weighted by atomic mass is 16.2. The molecule has 0 bridgehead atoms. The highest BCUT2D eigenvalue weighted by molar-refractivity contribution is 6.37. The molecule has 1 saturated heterocycles. The van der Waals surface area contributed by atoms with Crippen molar-refractivity contribution in [2.75, 3.05) is 15.1 Å². The second-order valence-electron chi connectivity index (χ2n) is 5.57. The van der Waals surface area contributed by atoms with E-state index in [1.165, 1.54) is 4.90 Å². The molecule has 0 aromatic heterocycles.